The molecule has 3 rings (SSSR count). The summed E-state index contributed by atoms with van der Waals surface area (Å²) in [6.45, 7) is 2.09. The van der Waals surface area contributed by atoms with Crippen LogP contribution in [-0.2, 0) is 15.3 Å². The average molecular weight is 373 g/mol. The van der Waals surface area contributed by atoms with Crippen molar-refractivity contribution in [3.63, 3.8) is 0 Å². The fourth-order valence-corrected chi connectivity index (χ4v) is 3.10. The second-order valence-corrected chi connectivity index (χ2v) is 6.23. The lowest BCUT2D eigenvalue weighted by Crippen LogP contribution is -2.45. The first-order chi connectivity index (χ1) is 13.0. The van der Waals surface area contributed by atoms with E-state index >= 15 is 0 Å². The van der Waals surface area contributed by atoms with Crippen LogP contribution in [0.3, 0.4) is 0 Å². The molecule has 0 bridgehead atoms. The van der Waals surface area contributed by atoms with Crippen molar-refractivity contribution in [1.82, 2.24) is 5.01 Å². The summed E-state index contributed by atoms with van der Waals surface area (Å²) in [5.41, 5.74) is 4.99. The van der Waals surface area contributed by atoms with Gasteiger partial charge in [0.05, 0.1) is 5.56 Å². The van der Waals surface area contributed by atoms with Gasteiger partial charge in [-0.3, -0.25) is 4.79 Å². The molecule has 142 valence electrons. The molecule has 0 radical (unpaired) electrons. The Bertz CT molecular complexity index is 858. The first kappa shape index (κ1) is 19.0. The lowest BCUT2D eigenvalue weighted by Gasteiger charge is -2.35. The second-order valence-electron chi connectivity index (χ2n) is 6.23. The number of amides is 1. The summed E-state index contributed by atoms with van der Waals surface area (Å²) in [7, 11) is 0. The minimum absolute atomic E-state index is 0.130. The van der Waals surface area contributed by atoms with E-state index in [-0.39, 0.29) is 23.8 Å². The Hall–Kier alpha value is -2.80. The van der Waals surface area contributed by atoms with E-state index < -0.39 is 17.4 Å². The van der Waals surface area contributed by atoms with Gasteiger partial charge in [-0.2, -0.15) is 5.01 Å². The number of carbonyl (C=O) groups is 1. The van der Waals surface area contributed by atoms with E-state index in [1.165, 1.54) is 5.01 Å². The van der Waals surface area contributed by atoms with Gasteiger partial charge in [0.25, 0.3) is 0 Å². The SMILES string of the molecule is CCC(=O)N1N=C(c2cc(F)ccc2F)OC1(CCCN)c1ccccc1. The van der Waals surface area contributed by atoms with E-state index in [2.05, 4.69) is 5.10 Å². The molecule has 0 spiro atoms. The van der Waals surface area contributed by atoms with E-state index in [9.17, 15) is 13.6 Å². The Morgan fingerprint density at radius 2 is 1.96 bits per heavy atom. The van der Waals surface area contributed by atoms with Crippen molar-refractivity contribution in [2.24, 2.45) is 10.8 Å². The summed E-state index contributed by atoms with van der Waals surface area (Å²) in [5.74, 6) is -1.72. The number of rotatable bonds is 6. The maximum Gasteiger partial charge on any atom is 0.246 e. The van der Waals surface area contributed by atoms with Crippen LogP contribution in [0.25, 0.3) is 0 Å². The fourth-order valence-electron chi connectivity index (χ4n) is 3.10. The number of hydrogen-bond acceptors (Lipinski definition) is 4. The van der Waals surface area contributed by atoms with E-state index in [0.29, 0.717) is 24.9 Å². The van der Waals surface area contributed by atoms with Gasteiger partial charge in [0.2, 0.25) is 17.5 Å². The summed E-state index contributed by atoms with van der Waals surface area (Å²) in [5, 5.41) is 5.48. The molecular formula is C20H21F2N3O2. The van der Waals surface area contributed by atoms with Crippen LogP contribution >= 0.6 is 0 Å². The van der Waals surface area contributed by atoms with Crippen molar-refractivity contribution in [3.8, 4) is 0 Å². The molecule has 1 heterocycles. The van der Waals surface area contributed by atoms with E-state index in [1.807, 2.05) is 30.3 Å². The summed E-state index contributed by atoms with van der Waals surface area (Å²) in [4.78, 5) is 12.6. The molecule has 0 fully saturated rings. The predicted molar refractivity (Wildman–Crippen MR) is 97.5 cm³/mol. The summed E-state index contributed by atoms with van der Waals surface area (Å²) in [6.07, 6.45) is 1.10. The molecule has 1 amide bonds. The lowest BCUT2D eigenvalue weighted by atomic mass is 9.96. The van der Waals surface area contributed by atoms with Gasteiger partial charge in [-0.1, -0.05) is 37.3 Å². The standard InChI is InChI=1S/C20H21F2N3O2/c1-2-18(26)25-20(11-6-12-23,14-7-4-3-5-8-14)27-19(24-25)16-13-15(21)9-10-17(16)22/h3-5,7-10,13H,2,6,11-12,23H2,1H3. The van der Waals surface area contributed by atoms with Crippen molar-refractivity contribution in [2.45, 2.75) is 31.9 Å². The molecule has 27 heavy (non-hydrogen) atoms. The van der Waals surface area contributed by atoms with Gasteiger partial charge < -0.3 is 10.5 Å². The lowest BCUT2D eigenvalue weighted by molar-refractivity contribution is -0.152. The van der Waals surface area contributed by atoms with Gasteiger partial charge >= 0.3 is 0 Å². The first-order valence-electron chi connectivity index (χ1n) is 8.83. The van der Waals surface area contributed by atoms with Crippen molar-refractivity contribution < 1.29 is 18.3 Å². The molecule has 1 unspecified atom stereocenters. The highest BCUT2D eigenvalue weighted by molar-refractivity contribution is 5.97. The van der Waals surface area contributed by atoms with Crippen LogP contribution in [0.15, 0.2) is 53.6 Å². The zero-order valence-corrected chi connectivity index (χ0v) is 15.0. The Morgan fingerprint density at radius 1 is 1.22 bits per heavy atom. The molecule has 0 saturated heterocycles. The van der Waals surface area contributed by atoms with Gasteiger partial charge in [-0.05, 0) is 31.2 Å². The number of nitrogens with zero attached hydrogens (tertiary/aromatic N) is 2. The van der Waals surface area contributed by atoms with E-state index in [1.54, 1.807) is 6.92 Å². The topological polar surface area (TPSA) is 67.9 Å². The van der Waals surface area contributed by atoms with Crippen LogP contribution in [0.2, 0.25) is 0 Å². The Labute approximate surface area is 156 Å². The first-order valence-corrected chi connectivity index (χ1v) is 8.83. The number of carbonyl (C=O) groups excluding carboxylic acids is 1. The smallest absolute Gasteiger partial charge is 0.246 e. The molecule has 2 aromatic carbocycles. The van der Waals surface area contributed by atoms with Crippen LogP contribution in [0.1, 0.15) is 37.3 Å². The van der Waals surface area contributed by atoms with Crippen molar-refractivity contribution >= 4 is 11.8 Å². The zero-order valence-electron chi connectivity index (χ0n) is 15.0. The summed E-state index contributed by atoms with van der Waals surface area (Å²) in [6, 6.07) is 12.1. The minimum atomic E-state index is -1.25. The number of benzene rings is 2. The largest absolute Gasteiger partial charge is 0.443 e. The molecule has 0 aromatic heterocycles. The summed E-state index contributed by atoms with van der Waals surface area (Å²) < 4.78 is 34.0. The van der Waals surface area contributed by atoms with E-state index in [4.69, 9.17) is 10.5 Å². The van der Waals surface area contributed by atoms with Gasteiger partial charge in [-0.25, -0.2) is 8.78 Å². The number of hydrazone groups is 1. The summed E-state index contributed by atoms with van der Waals surface area (Å²) >= 11 is 0. The number of halogens is 2. The van der Waals surface area contributed by atoms with Crippen molar-refractivity contribution in [3.05, 3.63) is 71.3 Å². The second kappa shape index (κ2) is 7.84. The third kappa shape index (κ3) is 3.55. The molecule has 1 aliphatic heterocycles. The van der Waals surface area contributed by atoms with Gasteiger partial charge in [0, 0.05) is 18.4 Å². The molecule has 2 aromatic rings. The fraction of sp³-hybridized carbons (Fsp3) is 0.300. The molecule has 1 aliphatic rings. The number of nitrogens with two attached hydrogens (primary N) is 1. The quantitative estimate of drug-likeness (QED) is 0.843. The highest BCUT2D eigenvalue weighted by Crippen LogP contribution is 2.41. The third-order valence-corrected chi connectivity index (χ3v) is 4.44. The molecule has 0 aliphatic carbocycles. The molecular weight excluding hydrogens is 352 g/mol. The zero-order chi connectivity index (χ0) is 19.4. The molecule has 1 atom stereocenters. The Kier molecular flexibility index (Phi) is 5.51. The average Bonchev–Trinajstić information content (AvgIpc) is 3.09. The van der Waals surface area contributed by atoms with Crippen LogP contribution in [0, 0.1) is 11.6 Å². The molecule has 7 heteroatoms. The maximum atomic E-state index is 14.3. The van der Waals surface area contributed by atoms with Crippen LogP contribution in [0.4, 0.5) is 8.78 Å². The van der Waals surface area contributed by atoms with E-state index in [0.717, 1.165) is 18.2 Å². The van der Waals surface area contributed by atoms with Crippen molar-refractivity contribution in [1.29, 1.82) is 0 Å². The predicted octanol–water partition coefficient (Wildman–Crippen LogP) is 3.49. The number of ether oxygens (including phenoxy) is 1. The minimum Gasteiger partial charge on any atom is -0.443 e. The van der Waals surface area contributed by atoms with Crippen molar-refractivity contribution in [2.75, 3.05) is 6.54 Å². The number of hydrogen-bond donors (Lipinski definition) is 1. The van der Waals surface area contributed by atoms with Gasteiger partial charge in [0.15, 0.2) is 0 Å². The normalized spacial score (nSPS) is 19.0. The molecule has 0 saturated carbocycles. The van der Waals surface area contributed by atoms with Gasteiger partial charge in [0.1, 0.15) is 11.6 Å². The Morgan fingerprint density at radius 3 is 2.63 bits per heavy atom. The van der Waals surface area contributed by atoms with Crippen LogP contribution < -0.4 is 5.73 Å². The van der Waals surface area contributed by atoms with Crippen LogP contribution in [-0.4, -0.2) is 23.4 Å². The molecule has 5 nitrogen and oxygen atoms in total. The molecule has 2 N–H and O–H groups in total. The highest BCUT2D eigenvalue weighted by Gasteiger charge is 2.49. The highest BCUT2D eigenvalue weighted by atomic mass is 19.1. The van der Waals surface area contributed by atoms with Gasteiger partial charge in [-0.15, -0.1) is 5.10 Å². The van der Waals surface area contributed by atoms with Crippen LogP contribution in [0.5, 0.6) is 0 Å². The monoisotopic (exact) mass is 373 g/mol. The Balaban J connectivity index is 2.12. The maximum absolute atomic E-state index is 14.3. The third-order valence-electron chi connectivity index (χ3n) is 4.44.